The van der Waals surface area contributed by atoms with Crippen molar-refractivity contribution in [3.05, 3.63) is 29.3 Å². The first-order valence-corrected chi connectivity index (χ1v) is 9.88. The number of nitrogens with zero attached hydrogens (tertiary/aromatic N) is 3. The van der Waals surface area contributed by atoms with Gasteiger partial charge in [0, 0.05) is 58.2 Å². The van der Waals surface area contributed by atoms with Crippen LogP contribution in [0.2, 0.25) is 0 Å². The molecule has 3 heterocycles. The summed E-state index contributed by atoms with van der Waals surface area (Å²) in [6.45, 7) is 3.74. The minimum atomic E-state index is -2.80. The van der Waals surface area contributed by atoms with E-state index in [1.54, 1.807) is 0 Å². The van der Waals surface area contributed by atoms with E-state index < -0.39 is 11.8 Å². The zero-order valence-electron chi connectivity index (χ0n) is 15.3. The lowest BCUT2D eigenvalue weighted by Crippen LogP contribution is -2.45. The molecule has 148 valence electrons. The number of carbonyl (C=O) groups excluding carboxylic acids is 1. The molecule has 1 fully saturated rings. The molecule has 3 rings (SSSR count). The van der Waals surface area contributed by atoms with Crippen molar-refractivity contribution in [1.29, 1.82) is 0 Å². The van der Waals surface area contributed by atoms with Gasteiger partial charge < -0.3 is 19.6 Å². The summed E-state index contributed by atoms with van der Waals surface area (Å²) in [6, 6.07) is 5.24. The van der Waals surface area contributed by atoms with Gasteiger partial charge >= 0.3 is 0 Å². The first kappa shape index (κ1) is 19.9. The molecule has 0 saturated carbocycles. The predicted octanol–water partition coefficient (Wildman–Crippen LogP) is 2.80. The first-order valence-electron chi connectivity index (χ1n) is 9.00. The van der Waals surface area contributed by atoms with Gasteiger partial charge in [-0.25, -0.2) is 8.78 Å². The number of alkyl halides is 2. The van der Waals surface area contributed by atoms with Crippen molar-refractivity contribution in [2.45, 2.75) is 18.8 Å². The maximum Gasteiger partial charge on any atom is 0.273 e. The Morgan fingerprint density at radius 1 is 1.33 bits per heavy atom. The van der Waals surface area contributed by atoms with Crippen LogP contribution in [0.15, 0.2) is 28.1 Å². The molecule has 0 spiro atoms. The molecule has 0 atom stereocenters. The molecule has 2 aromatic heterocycles. The number of piperazine rings is 1. The van der Waals surface area contributed by atoms with E-state index in [1.165, 1.54) is 17.4 Å². The Morgan fingerprint density at radius 3 is 2.81 bits per heavy atom. The van der Waals surface area contributed by atoms with Gasteiger partial charge in [0.15, 0.2) is 11.5 Å². The highest BCUT2D eigenvalue weighted by molar-refractivity contribution is 7.13. The van der Waals surface area contributed by atoms with Gasteiger partial charge in [-0.3, -0.25) is 4.79 Å². The summed E-state index contributed by atoms with van der Waals surface area (Å²) >= 11 is 1.47. The standard InChI is InChI=1S/C18H24F2N4O2S/c1-23-8-10-24(11-9-23)7-5-18(19,20)4-6-21-17(25)14-13-15(26-22-14)16-3-2-12-27-16/h2-3,12-13H,4-11H2,1H3,(H,21,25). The van der Waals surface area contributed by atoms with Crippen molar-refractivity contribution < 1.29 is 18.1 Å². The monoisotopic (exact) mass is 398 g/mol. The average molecular weight is 398 g/mol. The summed E-state index contributed by atoms with van der Waals surface area (Å²) in [5, 5.41) is 8.10. The molecule has 0 radical (unpaired) electrons. The lowest BCUT2D eigenvalue weighted by molar-refractivity contribution is -0.0257. The summed E-state index contributed by atoms with van der Waals surface area (Å²) in [5.74, 6) is -2.81. The Labute approximate surface area is 161 Å². The molecule has 0 bridgehead atoms. The molecule has 0 aliphatic carbocycles. The molecular formula is C18H24F2N4O2S. The van der Waals surface area contributed by atoms with Gasteiger partial charge in [0.05, 0.1) is 4.88 Å². The Morgan fingerprint density at radius 2 is 2.11 bits per heavy atom. The second-order valence-electron chi connectivity index (χ2n) is 6.81. The zero-order chi connectivity index (χ0) is 19.3. The zero-order valence-corrected chi connectivity index (χ0v) is 16.1. The number of likely N-dealkylation sites (N-methyl/N-ethyl adjacent to an activating group) is 1. The fourth-order valence-electron chi connectivity index (χ4n) is 2.88. The van der Waals surface area contributed by atoms with E-state index >= 15 is 0 Å². The van der Waals surface area contributed by atoms with Crippen molar-refractivity contribution in [2.24, 2.45) is 0 Å². The van der Waals surface area contributed by atoms with Crippen LogP contribution in [0.4, 0.5) is 8.78 Å². The summed E-state index contributed by atoms with van der Waals surface area (Å²) in [5.41, 5.74) is 0.0964. The number of halogens is 2. The van der Waals surface area contributed by atoms with Crippen LogP contribution < -0.4 is 5.32 Å². The van der Waals surface area contributed by atoms with E-state index in [2.05, 4.69) is 20.3 Å². The third-order valence-electron chi connectivity index (χ3n) is 4.67. The summed E-state index contributed by atoms with van der Waals surface area (Å²) in [6.07, 6.45) is -0.582. The molecule has 1 saturated heterocycles. The minimum absolute atomic E-state index is 0.0964. The maximum absolute atomic E-state index is 14.1. The van der Waals surface area contributed by atoms with Gasteiger partial charge in [-0.2, -0.15) is 0 Å². The van der Waals surface area contributed by atoms with E-state index in [4.69, 9.17) is 4.52 Å². The molecule has 1 amide bonds. The lowest BCUT2D eigenvalue weighted by atomic mass is 10.1. The Bertz CT molecular complexity index is 728. The smallest absolute Gasteiger partial charge is 0.273 e. The maximum atomic E-state index is 14.1. The molecule has 2 aromatic rings. The fourth-order valence-corrected chi connectivity index (χ4v) is 3.56. The molecule has 9 heteroatoms. The van der Waals surface area contributed by atoms with Gasteiger partial charge in [-0.1, -0.05) is 11.2 Å². The number of aromatic nitrogens is 1. The Kier molecular flexibility index (Phi) is 6.56. The number of hydrogen-bond donors (Lipinski definition) is 1. The Balaban J connectivity index is 1.39. The van der Waals surface area contributed by atoms with Crippen molar-refractivity contribution in [3.8, 4) is 10.6 Å². The average Bonchev–Trinajstić information content (AvgIpc) is 3.32. The molecule has 0 unspecified atom stereocenters. The molecule has 1 aliphatic rings. The van der Waals surface area contributed by atoms with Crippen molar-refractivity contribution in [1.82, 2.24) is 20.3 Å². The number of carbonyl (C=O) groups is 1. The van der Waals surface area contributed by atoms with Gasteiger partial charge in [0.2, 0.25) is 0 Å². The number of thiophene rings is 1. The molecule has 1 aliphatic heterocycles. The summed E-state index contributed by atoms with van der Waals surface area (Å²) in [4.78, 5) is 17.2. The molecule has 1 N–H and O–H groups in total. The fraction of sp³-hybridized carbons (Fsp3) is 0.556. The van der Waals surface area contributed by atoms with Crippen LogP contribution in [-0.4, -0.2) is 73.1 Å². The number of rotatable bonds is 8. The Hall–Kier alpha value is -1.84. The topological polar surface area (TPSA) is 61.6 Å². The quantitative estimate of drug-likeness (QED) is 0.741. The van der Waals surface area contributed by atoms with Crippen LogP contribution in [0.3, 0.4) is 0 Å². The summed E-state index contributed by atoms with van der Waals surface area (Å²) < 4.78 is 33.3. The van der Waals surface area contributed by atoms with Crippen LogP contribution in [0, 0.1) is 0 Å². The van der Waals surface area contributed by atoms with E-state index in [0.29, 0.717) is 12.3 Å². The second kappa shape index (κ2) is 8.90. The SMILES string of the molecule is CN1CCN(CCC(F)(F)CCNC(=O)c2cc(-c3cccs3)on2)CC1. The number of hydrogen-bond acceptors (Lipinski definition) is 6. The van der Waals surface area contributed by atoms with E-state index in [-0.39, 0.29) is 25.1 Å². The number of nitrogens with one attached hydrogen (secondary N) is 1. The molecule has 0 aromatic carbocycles. The van der Waals surface area contributed by atoms with Crippen LogP contribution in [-0.2, 0) is 0 Å². The highest BCUT2D eigenvalue weighted by Gasteiger charge is 2.30. The second-order valence-corrected chi connectivity index (χ2v) is 7.76. The van der Waals surface area contributed by atoms with Crippen LogP contribution in [0.1, 0.15) is 23.3 Å². The highest BCUT2D eigenvalue weighted by atomic mass is 32.1. The largest absolute Gasteiger partial charge is 0.355 e. The third-order valence-corrected chi connectivity index (χ3v) is 5.56. The van der Waals surface area contributed by atoms with Crippen LogP contribution in [0.25, 0.3) is 10.6 Å². The molecule has 6 nitrogen and oxygen atoms in total. The normalized spacial score (nSPS) is 16.6. The summed E-state index contributed by atoms with van der Waals surface area (Å²) in [7, 11) is 2.03. The third kappa shape index (κ3) is 5.82. The van der Waals surface area contributed by atoms with E-state index in [9.17, 15) is 13.6 Å². The molecule has 27 heavy (non-hydrogen) atoms. The highest BCUT2D eigenvalue weighted by Crippen LogP contribution is 2.25. The lowest BCUT2D eigenvalue weighted by Gasteiger charge is -2.33. The minimum Gasteiger partial charge on any atom is -0.355 e. The van der Waals surface area contributed by atoms with Gasteiger partial charge in [0.1, 0.15) is 0 Å². The van der Waals surface area contributed by atoms with Gasteiger partial charge in [-0.05, 0) is 18.5 Å². The molecular weight excluding hydrogens is 374 g/mol. The van der Waals surface area contributed by atoms with Crippen molar-refractivity contribution in [3.63, 3.8) is 0 Å². The van der Waals surface area contributed by atoms with Gasteiger partial charge in [0.25, 0.3) is 11.8 Å². The van der Waals surface area contributed by atoms with Crippen molar-refractivity contribution >= 4 is 17.2 Å². The first-order chi connectivity index (χ1) is 12.9. The predicted molar refractivity (Wildman–Crippen MR) is 100 cm³/mol. The van der Waals surface area contributed by atoms with Crippen molar-refractivity contribution in [2.75, 3.05) is 46.3 Å². The van der Waals surface area contributed by atoms with E-state index in [0.717, 1.165) is 31.1 Å². The van der Waals surface area contributed by atoms with Gasteiger partial charge in [-0.15, -0.1) is 11.3 Å². The van der Waals surface area contributed by atoms with Crippen LogP contribution in [0.5, 0.6) is 0 Å². The van der Waals surface area contributed by atoms with Crippen LogP contribution >= 0.6 is 11.3 Å². The van der Waals surface area contributed by atoms with E-state index in [1.807, 2.05) is 24.6 Å². The number of amides is 1.